The average Bonchev–Trinajstić information content (AvgIpc) is 2.23. The Morgan fingerprint density at radius 1 is 1.21 bits per heavy atom. The second kappa shape index (κ2) is 3.97. The van der Waals surface area contributed by atoms with Crippen LogP contribution in [0.4, 0.5) is 0 Å². The molecule has 1 aromatic carbocycles. The Morgan fingerprint density at radius 2 is 2.07 bits per heavy atom. The molecule has 1 heteroatoms. The van der Waals surface area contributed by atoms with Crippen molar-refractivity contribution in [3.8, 4) is 0 Å². The van der Waals surface area contributed by atoms with Crippen LogP contribution < -0.4 is 5.32 Å². The molecule has 2 rings (SSSR count). The first-order valence-electron chi connectivity index (χ1n) is 5.18. The van der Waals surface area contributed by atoms with E-state index in [1.165, 1.54) is 22.3 Å². The highest BCUT2D eigenvalue weighted by molar-refractivity contribution is 5.69. The number of nitrogens with zero attached hydrogens (tertiary/aromatic N) is 1. The van der Waals surface area contributed by atoms with Crippen molar-refractivity contribution < 1.29 is 0 Å². The van der Waals surface area contributed by atoms with Gasteiger partial charge in [0.25, 0.3) is 0 Å². The van der Waals surface area contributed by atoms with E-state index in [0.29, 0.717) is 0 Å². The third-order valence-electron chi connectivity index (χ3n) is 2.96. The number of aryl methyl sites for hydroxylation is 1. The summed E-state index contributed by atoms with van der Waals surface area (Å²) in [5, 5.41) is 4.33. The summed E-state index contributed by atoms with van der Waals surface area (Å²) in [4.78, 5) is 0. The normalized spacial score (nSPS) is 16.6. The van der Waals surface area contributed by atoms with Crippen molar-refractivity contribution in [2.75, 3.05) is 13.1 Å². The lowest BCUT2D eigenvalue weighted by atomic mass is 9.94. The van der Waals surface area contributed by atoms with Crippen molar-refractivity contribution in [3.05, 3.63) is 41.0 Å². The first-order valence-corrected chi connectivity index (χ1v) is 5.18. The van der Waals surface area contributed by atoms with Crippen molar-refractivity contribution in [1.29, 1.82) is 0 Å². The molecule has 14 heavy (non-hydrogen) atoms. The number of hydrogen-bond acceptors (Lipinski definition) is 0. The molecule has 0 N–H and O–H groups in total. The summed E-state index contributed by atoms with van der Waals surface area (Å²) in [6.07, 6.45) is 3.36. The Hall–Kier alpha value is -1.08. The molecule has 0 saturated carbocycles. The van der Waals surface area contributed by atoms with Gasteiger partial charge in [-0.15, -0.1) is 0 Å². The van der Waals surface area contributed by atoms with Gasteiger partial charge in [0, 0.05) is 13.1 Å². The molecule has 1 aliphatic heterocycles. The van der Waals surface area contributed by atoms with Gasteiger partial charge in [-0.1, -0.05) is 24.3 Å². The van der Waals surface area contributed by atoms with E-state index < -0.39 is 0 Å². The smallest absolute Gasteiger partial charge is 0.0320 e. The summed E-state index contributed by atoms with van der Waals surface area (Å²) in [6.45, 7) is 6.26. The molecule has 0 amide bonds. The molecule has 0 aliphatic carbocycles. The van der Waals surface area contributed by atoms with Gasteiger partial charge in [0.15, 0.2) is 0 Å². The van der Waals surface area contributed by atoms with Crippen LogP contribution in [-0.4, -0.2) is 13.1 Å². The van der Waals surface area contributed by atoms with Crippen LogP contribution in [0.5, 0.6) is 0 Å². The maximum absolute atomic E-state index is 4.33. The van der Waals surface area contributed by atoms with Crippen LogP contribution in [0.3, 0.4) is 0 Å². The minimum Gasteiger partial charge on any atom is -0.237 e. The van der Waals surface area contributed by atoms with Crippen molar-refractivity contribution in [3.63, 3.8) is 0 Å². The van der Waals surface area contributed by atoms with E-state index in [-0.39, 0.29) is 0 Å². The molecule has 0 atom stereocenters. The molecule has 1 nitrogen and oxygen atoms in total. The van der Waals surface area contributed by atoms with E-state index >= 15 is 0 Å². The Morgan fingerprint density at radius 3 is 2.79 bits per heavy atom. The van der Waals surface area contributed by atoms with Gasteiger partial charge in [-0.2, -0.15) is 0 Å². The predicted octanol–water partition coefficient (Wildman–Crippen LogP) is 2.69. The fourth-order valence-electron chi connectivity index (χ4n) is 1.91. The zero-order valence-electron chi connectivity index (χ0n) is 8.88. The standard InChI is InChI=1S/C13H16N/c1-10-4-3-5-13(11(10)2)12-6-8-14-9-7-12/h3-6H,7-9H2,1-2H3. The number of rotatable bonds is 1. The average molecular weight is 186 g/mol. The lowest BCUT2D eigenvalue weighted by Crippen LogP contribution is -2.13. The molecule has 0 unspecified atom stereocenters. The lowest BCUT2D eigenvalue weighted by Gasteiger charge is -2.16. The van der Waals surface area contributed by atoms with E-state index in [1.54, 1.807) is 0 Å². The van der Waals surface area contributed by atoms with Crippen LogP contribution in [0.2, 0.25) is 0 Å². The zero-order valence-corrected chi connectivity index (χ0v) is 8.88. The zero-order chi connectivity index (χ0) is 9.97. The molecular weight excluding hydrogens is 170 g/mol. The molecule has 1 aliphatic rings. The second-order valence-electron chi connectivity index (χ2n) is 3.86. The van der Waals surface area contributed by atoms with Gasteiger partial charge in [0.1, 0.15) is 0 Å². The maximum Gasteiger partial charge on any atom is 0.0320 e. The second-order valence-corrected chi connectivity index (χ2v) is 3.86. The number of hydrogen-bond donors (Lipinski definition) is 0. The third-order valence-corrected chi connectivity index (χ3v) is 2.96. The molecule has 73 valence electrons. The van der Waals surface area contributed by atoms with Gasteiger partial charge in [-0.05, 0) is 42.5 Å². The molecule has 1 aromatic rings. The molecule has 1 heterocycles. The summed E-state index contributed by atoms with van der Waals surface area (Å²) >= 11 is 0. The SMILES string of the molecule is Cc1cccc(C2=CC[N]CC2)c1C. The molecule has 0 bridgehead atoms. The molecule has 0 fully saturated rings. The van der Waals surface area contributed by atoms with Crippen LogP contribution in [-0.2, 0) is 0 Å². The highest BCUT2D eigenvalue weighted by Crippen LogP contribution is 2.24. The van der Waals surface area contributed by atoms with Gasteiger partial charge < -0.3 is 0 Å². The molecule has 1 radical (unpaired) electrons. The first-order chi connectivity index (χ1) is 6.79. The highest BCUT2D eigenvalue weighted by atomic mass is 14.8. The van der Waals surface area contributed by atoms with Crippen molar-refractivity contribution in [2.45, 2.75) is 20.3 Å². The minimum absolute atomic E-state index is 0.892. The summed E-state index contributed by atoms with van der Waals surface area (Å²) in [5.74, 6) is 0. The summed E-state index contributed by atoms with van der Waals surface area (Å²) in [5.41, 5.74) is 5.69. The fraction of sp³-hybridized carbons (Fsp3) is 0.385. The molecular formula is C13H16N. The van der Waals surface area contributed by atoms with Crippen molar-refractivity contribution in [1.82, 2.24) is 5.32 Å². The van der Waals surface area contributed by atoms with Crippen LogP contribution in [0, 0.1) is 13.8 Å². The van der Waals surface area contributed by atoms with Crippen LogP contribution in [0.15, 0.2) is 24.3 Å². The van der Waals surface area contributed by atoms with Crippen molar-refractivity contribution in [2.24, 2.45) is 0 Å². The molecule has 0 saturated heterocycles. The van der Waals surface area contributed by atoms with Gasteiger partial charge >= 0.3 is 0 Å². The summed E-state index contributed by atoms with van der Waals surface area (Å²) in [7, 11) is 0. The summed E-state index contributed by atoms with van der Waals surface area (Å²) < 4.78 is 0. The minimum atomic E-state index is 0.892. The highest BCUT2D eigenvalue weighted by Gasteiger charge is 2.09. The van der Waals surface area contributed by atoms with E-state index in [2.05, 4.69) is 43.4 Å². The number of benzene rings is 1. The Labute approximate surface area is 85.8 Å². The van der Waals surface area contributed by atoms with E-state index in [9.17, 15) is 0 Å². The molecule has 0 aromatic heterocycles. The fourth-order valence-corrected chi connectivity index (χ4v) is 1.91. The van der Waals surface area contributed by atoms with Gasteiger partial charge in [0.05, 0.1) is 0 Å². The Bertz CT molecular complexity index is 363. The Kier molecular flexibility index (Phi) is 2.69. The molecule has 0 spiro atoms. The van der Waals surface area contributed by atoms with Gasteiger partial charge in [0.2, 0.25) is 0 Å². The largest absolute Gasteiger partial charge is 0.237 e. The maximum atomic E-state index is 4.33. The topological polar surface area (TPSA) is 14.1 Å². The third kappa shape index (κ3) is 1.73. The monoisotopic (exact) mass is 186 g/mol. The van der Waals surface area contributed by atoms with Crippen LogP contribution >= 0.6 is 0 Å². The lowest BCUT2D eigenvalue weighted by molar-refractivity contribution is 0.723. The van der Waals surface area contributed by atoms with Crippen LogP contribution in [0.25, 0.3) is 5.57 Å². The van der Waals surface area contributed by atoms with Gasteiger partial charge in [-0.3, -0.25) is 0 Å². The van der Waals surface area contributed by atoms with E-state index in [0.717, 1.165) is 19.5 Å². The predicted molar refractivity (Wildman–Crippen MR) is 60.4 cm³/mol. The summed E-state index contributed by atoms with van der Waals surface area (Å²) in [6, 6.07) is 6.54. The van der Waals surface area contributed by atoms with Crippen LogP contribution in [0.1, 0.15) is 23.1 Å². The van der Waals surface area contributed by atoms with Crippen molar-refractivity contribution >= 4 is 5.57 Å². The van der Waals surface area contributed by atoms with E-state index in [1.807, 2.05) is 0 Å². The Balaban J connectivity index is 2.40. The van der Waals surface area contributed by atoms with E-state index in [4.69, 9.17) is 0 Å². The first kappa shape index (κ1) is 9.47. The quantitative estimate of drug-likeness (QED) is 0.640. The van der Waals surface area contributed by atoms with Gasteiger partial charge in [-0.25, -0.2) is 5.32 Å².